The van der Waals surface area contributed by atoms with Gasteiger partial charge in [0.2, 0.25) is 0 Å². The van der Waals surface area contributed by atoms with Gasteiger partial charge in [-0.05, 0) is 30.7 Å². The Morgan fingerprint density at radius 3 is 2.38 bits per heavy atom. The third-order valence-electron chi connectivity index (χ3n) is 3.21. The van der Waals surface area contributed by atoms with Gasteiger partial charge in [-0.1, -0.05) is 47.1 Å². The second kappa shape index (κ2) is 7.96. The molecule has 0 aliphatic carbocycles. The van der Waals surface area contributed by atoms with Crippen LogP contribution in [0.2, 0.25) is 5.02 Å². The van der Waals surface area contributed by atoms with Crippen molar-refractivity contribution >= 4 is 33.0 Å². The van der Waals surface area contributed by atoms with Crippen molar-refractivity contribution < 1.29 is 26.4 Å². The monoisotopic (exact) mass is 406 g/mol. The van der Waals surface area contributed by atoms with Gasteiger partial charge < -0.3 is 4.84 Å². The van der Waals surface area contributed by atoms with E-state index >= 15 is 0 Å². The molecule has 10 heteroatoms. The molecule has 0 saturated heterocycles. The molecule has 0 aliphatic rings. The first-order valence-corrected chi connectivity index (χ1v) is 9.06. The maximum atomic E-state index is 12.6. The smallest absolute Gasteiger partial charge is 0.391 e. The van der Waals surface area contributed by atoms with Crippen molar-refractivity contribution in [2.75, 3.05) is 4.72 Å². The van der Waals surface area contributed by atoms with Crippen LogP contribution < -0.4 is 4.72 Å². The van der Waals surface area contributed by atoms with Gasteiger partial charge in [0.1, 0.15) is 6.61 Å². The third-order valence-corrected chi connectivity index (χ3v) is 4.56. The van der Waals surface area contributed by atoms with Gasteiger partial charge in [-0.3, -0.25) is 4.72 Å². The first-order valence-electron chi connectivity index (χ1n) is 7.19. The molecule has 1 N–H and O–H groups in total. The van der Waals surface area contributed by atoms with E-state index in [1.807, 2.05) is 0 Å². The van der Waals surface area contributed by atoms with E-state index in [4.69, 9.17) is 16.4 Å². The molecule has 0 aliphatic heterocycles. The highest BCUT2D eigenvalue weighted by Crippen LogP contribution is 2.27. The van der Waals surface area contributed by atoms with Gasteiger partial charge in [0.05, 0.1) is 11.4 Å². The van der Waals surface area contributed by atoms with Crippen LogP contribution in [-0.2, 0) is 21.5 Å². The Bertz CT molecular complexity index is 898. The van der Waals surface area contributed by atoms with Crippen LogP contribution in [0.3, 0.4) is 0 Å². The van der Waals surface area contributed by atoms with E-state index in [0.29, 0.717) is 5.02 Å². The molecule has 26 heavy (non-hydrogen) atoms. The molecule has 0 amide bonds. The zero-order chi connectivity index (χ0) is 19.4. The number of oxime groups is 1. The molecule has 0 unspecified atom stereocenters. The summed E-state index contributed by atoms with van der Waals surface area (Å²) in [4.78, 5) is 5.17. The molecule has 0 fully saturated rings. The van der Waals surface area contributed by atoms with Crippen LogP contribution in [0.1, 0.15) is 18.1 Å². The summed E-state index contributed by atoms with van der Waals surface area (Å²) in [7, 11) is -5.53. The summed E-state index contributed by atoms with van der Waals surface area (Å²) in [6, 6.07) is 12.4. The number of benzene rings is 2. The summed E-state index contributed by atoms with van der Waals surface area (Å²) in [6.45, 7) is 1.60. The Hall–Kier alpha value is -2.26. The zero-order valence-electron chi connectivity index (χ0n) is 13.4. The standard InChI is InChI=1S/C16H14ClF3N2O3S/c1-11(21-25-10-12-6-8-13(17)9-7-12)14-4-2-3-5-15(14)22-26(23,24)16(18,19)20/h2-9,22H,10H2,1H3/b21-11+. The Kier molecular flexibility index (Phi) is 6.14. The minimum absolute atomic E-state index is 0.116. The third kappa shape index (κ3) is 5.12. The van der Waals surface area contributed by atoms with Gasteiger partial charge in [0.15, 0.2) is 0 Å². The number of hydrogen-bond acceptors (Lipinski definition) is 4. The van der Waals surface area contributed by atoms with Crippen LogP contribution in [-0.4, -0.2) is 19.6 Å². The van der Waals surface area contributed by atoms with Crippen molar-refractivity contribution in [3.05, 3.63) is 64.7 Å². The van der Waals surface area contributed by atoms with Crippen molar-refractivity contribution in [3.63, 3.8) is 0 Å². The molecular weight excluding hydrogens is 393 g/mol. The Balaban J connectivity index is 2.16. The van der Waals surface area contributed by atoms with Gasteiger partial charge in [-0.2, -0.15) is 21.6 Å². The number of hydrogen-bond donors (Lipinski definition) is 1. The average molecular weight is 407 g/mol. The Morgan fingerprint density at radius 2 is 1.77 bits per heavy atom. The molecule has 0 radical (unpaired) electrons. The summed E-state index contributed by atoms with van der Waals surface area (Å²) in [5, 5.41) is 4.40. The maximum Gasteiger partial charge on any atom is 0.516 e. The average Bonchev–Trinajstić information content (AvgIpc) is 2.55. The molecule has 0 heterocycles. The van der Waals surface area contributed by atoms with Crippen LogP contribution in [0.25, 0.3) is 0 Å². The van der Waals surface area contributed by atoms with Crippen molar-refractivity contribution in [2.24, 2.45) is 5.16 Å². The summed E-state index contributed by atoms with van der Waals surface area (Å²) < 4.78 is 61.8. The minimum atomic E-state index is -5.53. The molecule has 0 saturated carbocycles. The van der Waals surface area contributed by atoms with E-state index < -0.39 is 15.5 Å². The molecule has 2 aromatic carbocycles. The predicted octanol–water partition coefficient (Wildman–Crippen LogP) is 4.54. The Morgan fingerprint density at radius 1 is 1.15 bits per heavy atom. The number of nitrogens with zero attached hydrogens (tertiary/aromatic N) is 1. The second-order valence-electron chi connectivity index (χ2n) is 5.17. The van der Waals surface area contributed by atoms with Crippen molar-refractivity contribution in [1.29, 1.82) is 0 Å². The first kappa shape index (κ1) is 20.1. The fourth-order valence-corrected chi connectivity index (χ4v) is 2.63. The van der Waals surface area contributed by atoms with Crippen LogP contribution in [0.4, 0.5) is 18.9 Å². The molecule has 0 spiro atoms. The minimum Gasteiger partial charge on any atom is -0.391 e. The van der Waals surface area contributed by atoms with Crippen LogP contribution in [0.15, 0.2) is 53.7 Å². The largest absolute Gasteiger partial charge is 0.516 e. The van der Waals surface area contributed by atoms with Gasteiger partial charge in [0.25, 0.3) is 0 Å². The van der Waals surface area contributed by atoms with E-state index in [0.717, 1.165) is 5.56 Å². The van der Waals surface area contributed by atoms with Gasteiger partial charge in [-0.25, -0.2) is 0 Å². The van der Waals surface area contributed by atoms with E-state index in [2.05, 4.69) is 5.16 Å². The summed E-state index contributed by atoms with van der Waals surface area (Å²) in [5.41, 5.74) is -4.51. The lowest BCUT2D eigenvalue weighted by molar-refractivity contribution is -0.0429. The lowest BCUT2D eigenvalue weighted by atomic mass is 10.1. The number of sulfonamides is 1. The predicted molar refractivity (Wildman–Crippen MR) is 93.5 cm³/mol. The van der Waals surface area contributed by atoms with Gasteiger partial charge in [-0.15, -0.1) is 0 Å². The van der Waals surface area contributed by atoms with E-state index in [-0.39, 0.29) is 23.6 Å². The zero-order valence-corrected chi connectivity index (χ0v) is 15.0. The molecule has 2 aromatic rings. The number of anilines is 1. The normalized spacial score (nSPS) is 12.7. The van der Waals surface area contributed by atoms with Crippen molar-refractivity contribution in [1.82, 2.24) is 0 Å². The van der Waals surface area contributed by atoms with Crippen LogP contribution in [0, 0.1) is 0 Å². The molecule has 140 valence electrons. The molecular formula is C16H14ClF3N2O3S. The quantitative estimate of drug-likeness (QED) is 0.565. The highest BCUT2D eigenvalue weighted by atomic mass is 35.5. The fraction of sp³-hybridized carbons (Fsp3) is 0.188. The highest BCUT2D eigenvalue weighted by molar-refractivity contribution is 7.93. The highest BCUT2D eigenvalue weighted by Gasteiger charge is 2.46. The lowest BCUT2D eigenvalue weighted by Crippen LogP contribution is -2.30. The number of halogens is 4. The summed E-state index contributed by atoms with van der Waals surface area (Å²) >= 11 is 5.77. The first-order chi connectivity index (χ1) is 12.1. The second-order valence-corrected chi connectivity index (χ2v) is 7.28. The van der Waals surface area contributed by atoms with Crippen LogP contribution >= 0.6 is 11.6 Å². The number of para-hydroxylation sites is 1. The molecule has 0 aromatic heterocycles. The molecule has 0 atom stereocenters. The number of nitrogens with one attached hydrogen (secondary N) is 1. The molecule has 5 nitrogen and oxygen atoms in total. The number of rotatable bonds is 6. The van der Waals surface area contributed by atoms with Crippen LogP contribution in [0.5, 0.6) is 0 Å². The summed E-state index contributed by atoms with van der Waals surface area (Å²) in [6.07, 6.45) is 0. The topological polar surface area (TPSA) is 67.8 Å². The number of alkyl halides is 3. The maximum absolute atomic E-state index is 12.6. The van der Waals surface area contributed by atoms with Gasteiger partial charge >= 0.3 is 15.5 Å². The molecule has 0 bridgehead atoms. The van der Waals surface area contributed by atoms with E-state index in [9.17, 15) is 21.6 Å². The summed E-state index contributed by atoms with van der Waals surface area (Å²) in [5.74, 6) is 0. The van der Waals surface area contributed by atoms with E-state index in [1.165, 1.54) is 29.8 Å². The van der Waals surface area contributed by atoms with Gasteiger partial charge in [0, 0.05) is 10.6 Å². The fourth-order valence-electron chi connectivity index (χ4n) is 1.92. The van der Waals surface area contributed by atoms with E-state index in [1.54, 1.807) is 30.3 Å². The van der Waals surface area contributed by atoms with Crippen molar-refractivity contribution in [3.8, 4) is 0 Å². The lowest BCUT2D eigenvalue weighted by Gasteiger charge is -2.13. The Labute approximate surface area is 153 Å². The SMILES string of the molecule is C/C(=N\OCc1ccc(Cl)cc1)c1ccccc1NS(=O)(=O)C(F)(F)F. The van der Waals surface area contributed by atoms with Crippen molar-refractivity contribution in [2.45, 2.75) is 19.0 Å². The molecule has 2 rings (SSSR count).